The third kappa shape index (κ3) is 4.60. The van der Waals surface area contributed by atoms with Crippen LogP contribution in [-0.2, 0) is 9.53 Å². The standard InChI is InChI=1S/C16H18N4O4S/c1-3-10(15(23)24-2)25-16-19-12(17)11(14(22)20-16)18-13(21)9-7-5-4-6-8-9/h4-8,10H,3H2,1-2H3,(H,18,21)(H3,17,19,20,22)/t10-/m0/s1. The van der Waals surface area contributed by atoms with Crippen molar-refractivity contribution in [1.82, 2.24) is 9.97 Å². The summed E-state index contributed by atoms with van der Waals surface area (Å²) in [6.07, 6.45) is 0.494. The Morgan fingerprint density at radius 3 is 2.60 bits per heavy atom. The lowest BCUT2D eigenvalue weighted by atomic mass is 10.2. The predicted molar refractivity (Wildman–Crippen MR) is 95.6 cm³/mol. The smallest absolute Gasteiger partial charge is 0.319 e. The lowest BCUT2D eigenvalue weighted by Gasteiger charge is -2.12. The maximum atomic E-state index is 12.2. The number of aromatic nitrogens is 2. The molecule has 9 heteroatoms. The Bertz CT molecular complexity index is 823. The summed E-state index contributed by atoms with van der Waals surface area (Å²) < 4.78 is 4.69. The maximum Gasteiger partial charge on any atom is 0.319 e. The Morgan fingerprint density at radius 2 is 2.04 bits per heavy atom. The van der Waals surface area contributed by atoms with Crippen LogP contribution in [0.5, 0.6) is 0 Å². The predicted octanol–water partition coefficient (Wildman–Crippen LogP) is 1.65. The highest BCUT2D eigenvalue weighted by atomic mass is 32.2. The van der Waals surface area contributed by atoms with Crippen molar-refractivity contribution in [1.29, 1.82) is 0 Å². The van der Waals surface area contributed by atoms with Crippen molar-refractivity contribution in [2.24, 2.45) is 0 Å². The second-order valence-corrected chi connectivity index (χ2v) is 6.18. The van der Waals surface area contributed by atoms with Crippen molar-refractivity contribution >= 4 is 35.1 Å². The Hall–Kier alpha value is -2.81. The van der Waals surface area contributed by atoms with E-state index < -0.39 is 22.7 Å². The molecule has 4 N–H and O–H groups in total. The van der Waals surface area contributed by atoms with Crippen LogP contribution in [0, 0.1) is 0 Å². The highest BCUT2D eigenvalue weighted by Crippen LogP contribution is 2.24. The number of hydrogen-bond acceptors (Lipinski definition) is 7. The van der Waals surface area contributed by atoms with Gasteiger partial charge in [-0.15, -0.1) is 0 Å². The molecule has 2 aromatic rings. The molecular weight excluding hydrogens is 344 g/mol. The van der Waals surface area contributed by atoms with Gasteiger partial charge in [0.25, 0.3) is 11.5 Å². The van der Waals surface area contributed by atoms with Gasteiger partial charge in [0, 0.05) is 5.56 Å². The number of carbonyl (C=O) groups excluding carboxylic acids is 2. The molecule has 1 heterocycles. The molecule has 0 bridgehead atoms. The van der Waals surface area contributed by atoms with Crippen molar-refractivity contribution in [2.75, 3.05) is 18.2 Å². The minimum atomic E-state index is -0.598. The van der Waals surface area contributed by atoms with E-state index >= 15 is 0 Å². The van der Waals surface area contributed by atoms with Gasteiger partial charge in [-0.2, -0.15) is 0 Å². The van der Waals surface area contributed by atoms with Crippen LogP contribution in [-0.4, -0.2) is 34.2 Å². The number of aromatic amines is 1. The van der Waals surface area contributed by atoms with Gasteiger partial charge in [0.1, 0.15) is 10.9 Å². The van der Waals surface area contributed by atoms with Gasteiger partial charge in [0.15, 0.2) is 11.0 Å². The van der Waals surface area contributed by atoms with E-state index in [-0.39, 0.29) is 16.7 Å². The van der Waals surface area contributed by atoms with Crippen molar-refractivity contribution in [3.63, 3.8) is 0 Å². The molecule has 0 aliphatic heterocycles. The number of amides is 1. The monoisotopic (exact) mass is 362 g/mol. The molecule has 0 spiro atoms. The number of nitrogens with one attached hydrogen (secondary N) is 2. The van der Waals surface area contributed by atoms with E-state index in [9.17, 15) is 14.4 Å². The SMILES string of the molecule is CC[C@H](Sc1nc(N)c(NC(=O)c2ccccc2)c(=O)[nH]1)C(=O)OC. The Balaban J connectivity index is 2.21. The zero-order valence-electron chi connectivity index (χ0n) is 13.7. The number of nitrogen functional groups attached to an aromatic ring is 1. The molecule has 25 heavy (non-hydrogen) atoms. The molecular formula is C16H18N4O4S. The molecule has 0 saturated carbocycles. The zero-order valence-corrected chi connectivity index (χ0v) is 14.6. The minimum Gasteiger partial charge on any atom is -0.468 e. The van der Waals surface area contributed by atoms with Gasteiger partial charge in [-0.05, 0) is 18.6 Å². The number of carbonyl (C=O) groups is 2. The Kier molecular flexibility index (Phi) is 6.18. The summed E-state index contributed by atoms with van der Waals surface area (Å²) in [5.41, 5.74) is 5.45. The summed E-state index contributed by atoms with van der Waals surface area (Å²) in [6, 6.07) is 8.41. The molecule has 0 fully saturated rings. The second-order valence-electron chi connectivity index (χ2n) is 4.99. The van der Waals surface area contributed by atoms with Crippen LogP contribution in [0.25, 0.3) is 0 Å². The maximum absolute atomic E-state index is 12.2. The first-order valence-electron chi connectivity index (χ1n) is 7.47. The molecule has 0 aliphatic rings. The Morgan fingerprint density at radius 1 is 1.36 bits per heavy atom. The van der Waals surface area contributed by atoms with Crippen molar-refractivity contribution in [2.45, 2.75) is 23.8 Å². The van der Waals surface area contributed by atoms with Crippen LogP contribution in [0.4, 0.5) is 11.5 Å². The number of esters is 1. The molecule has 8 nitrogen and oxygen atoms in total. The molecule has 1 atom stereocenters. The lowest BCUT2D eigenvalue weighted by Crippen LogP contribution is -2.24. The fourth-order valence-electron chi connectivity index (χ4n) is 1.99. The van der Waals surface area contributed by atoms with Gasteiger partial charge in [0.05, 0.1) is 7.11 Å². The van der Waals surface area contributed by atoms with Crippen molar-refractivity contribution in [3.8, 4) is 0 Å². The number of benzene rings is 1. The van der Waals surface area contributed by atoms with E-state index in [0.717, 1.165) is 11.8 Å². The quantitative estimate of drug-likeness (QED) is 0.405. The largest absolute Gasteiger partial charge is 0.468 e. The molecule has 0 saturated heterocycles. The minimum absolute atomic E-state index is 0.129. The van der Waals surface area contributed by atoms with Gasteiger partial charge in [-0.3, -0.25) is 19.4 Å². The van der Waals surface area contributed by atoms with Gasteiger partial charge in [-0.1, -0.05) is 36.9 Å². The average Bonchev–Trinajstić information content (AvgIpc) is 2.62. The highest BCUT2D eigenvalue weighted by Gasteiger charge is 2.21. The van der Waals surface area contributed by atoms with Gasteiger partial charge in [-0.25, -0.2) is 4.98 Å². The Labute approximate surface area is 148 Å². The second kappa shape index (κ2) is 8.34. The molecule has 132 valence electrons. The molecule has 1 amide bonds. The van der Waals surface area contributed by atoms with Crippen molar-refractivity contribution < 1.29 is 14.3 Å². The number of rotatable bonds is 6. The third-order valence-electron chi connectivity index (χ3n) is 3.29. The number of nitrogens with zero attached hydrogens (tertiary/aromatic N) is 1. The van der Waals surface area contributed by atoms with Gasteiger partial charge in [0.2, 0.25) is 0 Å². The number of hydrogen-bond donors (Lipinski definition) is 3. The van der Waals surface area contributed by atoms with E-state index in [2.05, 4.69) is 15.3 Å². The van der Waals surface area contributed by atoms with E-state index in [1.54, 1.807) is 30.3 Å². The fraction of sp³-hybridized carbons (Fsp3) is 0.250. The number of methoxy groups -OCH3 is 1. The summed E-state index contributed by atoms with van der Waals surface area (Å²) in [4.78, 5) is 42.6. The fourth-order valence-corrected chi connectivity index (χ4v) is 2.92. The average molecular weight is 362 g/mol. The van der Waals surface area contributed by atoms with E-state index in [1.165, 1.54) is 7.11 Å². The van der Waals surface area contributed by atoms with Gasteiger partial charge >= 0.3 is 5.97 Å². The summed E-state index contributed by atoms with van der Waals surface area (Å²) in [7, 11) is 1.29. The van der Waals surface area contributed by atoms with Gasteiger partial charge < -0.3 is 15.8 Å². The number of nitrogens with two attached hydrogens (primary N) is 1. The number of thioether (sulfide) groups is 1. The summed E-state index contributed by atoms with van der Waals surface area (Å²) in [6.45, 7) is 1.81. The first-order chi connectivity index (χ1) is 12.0. The van der Waals surface area contributed by atoms with Crippen LogP contribution >= 0.6 is 11.8 Å². The topological polar surface area (TPSA) is 127 Å². The summed E-state index contributed by atoms with van der Waals surface area (Å²) in [5, 5.41) is 2.11. The zero-order chi connectivity index (χ0) is 18.4. The number of anilines is 2. The van der Waals surface area contributed by atoms with E-state index in [0.29, 0.717) is 12.0 Å². The normalized spacial score (nSPS) is 11.6. The van der Waals surface area contributed by atoms with Crippen LogP contribution in [0.1, 0.15) is 23.7 Å². The van der Waals surface area contributed by atoms with Crippen molar-refractivity contribution in [3.05, 3.63) is 46.2 Å². The van der Waals surface area contributed by atoms with E-state index in [1.807, 2.05) is 6.92 Å². The third-order valence-corrected chi connectivity index (χ3v) is 4.52. The summed E-state index contributed by atoms with van der Waals surface area (Å²) >= 11 is 1.04. The molecule has 1 aromatic heterocycles. The van der Waals surface area contributed by atoms with Crippen LogP contribution in [0.15, 0.2) is 40.3 Å². The first-order valence-corrected chi connectivity index (χ1v) is 8.34. The molecule has 2 rings (SSSR count). The molecule has 0 radical (unpaired) electrons. The first kappa shape index (κ1) is 18.5. The van der Waals surface area contributed by atoms with Crippen LogP contribution in [0.2, 0.25) is 0 Å². The van der Waals surface area contributed by atoms with E-state index in [4.69, 9.17) is 10.5 Å². The lowest BCUT2D eigenvalue weighted by molar-refractivity contribution is -0.140. The van der Waals surface area contributed by atoms with Crippen LogP contribution in [0.3, 0.4) is 0 Å². The molecule has 0 unspecified atom stereocenters. The number of ether oxygens (including phenoxy) is 1. The summed E-state index contributed by atoms with van der Waals surface area (Å²) in [5.74, 6) is -1.02. The number of H-pyrrole nitrogens is 1. The van der Waals surface area contributed by atoms with Crippen LogP contribution < -0.4 is 16.6 Å². The highest BCUT2D eigenvalue weighted by molar-refractivity contribution is 8.00. The molecule has 0 aliphatic carbocycles. The molecule has 1 aromatic carbocycles.